The second-order valence-corrected chi connectivity index (χ2v) is 9.28. The number of aromatic nitrogens is 1. The number of hydrogen-bond donors (Lipinski definition) is 2. The molecule has 29 heavy (non-hydrogen) atoms. The van der Waals surface area contributed by atoms with Gasteiger partial charge in [0.05, 0.1) is 9.88 Å². The van der Waals surface area contributed by atoms with Gasteiger partial charge in [-0.3, -0.25) is 4.79 Å². The lowest BCUT2D eigenvalue weighted by molar-refractivity contribution is -0.120. The predicted octanol–water partition coefficient (Wildman–Crippen LogP) is 4.64. The number of nitrogens with one attached hydrogen (secondary N) is 2. The van der Waals surface area contributed by atoms with Gasteiger partial charge < -0.3 is 5.32 Å². The Kier molecular flexibility index (Phi) is 7.42. The second-order valence-electron chi connectivity index (χ2n) is 6.88. The maximum Gasteiger partial charge on any atom is 0.485 e. The van der Waals surface area contributed by atoms with Crippen LogP contribution in [-0.2, 0) is 22.2 Å². The molecule has 1 aliphatic carbocycles. The maximum absolute atomic E-state index is 12.3. The topological polar surface area (TPSA) is 71.1 Å². The zero-order chi connectivity index (χ0) is 20.9. The van der Waals surface area contributed by atoms with Crippen LogP contribution in [0.3, 0.4) is 0 Å². The van der Waals surface area contributed by atoms with Gasteiger partial charge in [0.25, 0.3) is 0 Å². The van der Waals surface area contributed by atoms with Gasteiger partial charge in [-0.2, -0.15) is 13.2 Å². The van der Waals surface area contributed by atoms with Crippen LogP contribution in [0.4, 0.5) is 18.9 Å². The molecule has 0 spiro atoms. The summed E-state index contributed by atoms with van der Waals surface area (Å²) in [6.07, 6.45) is 7.21. The van der Waals surface area contributed by atoms with E-state index in [9.17, 15) is 22.2 Å². The summed E-state index contributed by atoms with van der Waals surface area (Å²) in [6, 6.07) is 7.43. The Balaban J connectivity index is 1.52. The van der Waals surface area contributed by atoms with Crippen LogP contribution in [0.5, 0.6) is 0 Å². The van der Waals surface area contributed by atoms with Crippen molar-refractivity contribution < 1.29 is 22.2 Å². The maximum atomic E-state index is 12.3. The summed E-state index contributed by atoms with van der Waals surface area (Å²) >= 11 is 1.37. The Morgan fingerprint density at radius 1 is 1.17 bits per heavy atom. The van der Waals surface area contributed by atoms with Gasteiger partial charge in [0, 0.05) is 30.8 Å². The van der Waals surface area contributed by atoms with Crippen molar-refractivity contribution in [2.24, 2.45) is 5.92 Å². The first-order chi connectivity index (χ1) is 13.8. The number of halogens is 3. The molecule has 3 rings (SSSR count). The molecule has 1 saturated carbocycles. The number of anilines is 1. The molecular formula is C19H22F3N3O2S2. The second kappa shape index (κ2) is 9.82. The van der Waals surface area contributed by atoms with Crippen LogP contribution in [0, 0.1) is 5.92 Å². The van der Waals surface area contributed by atoms with E-state index in [4.69, 9.17) is 0 Å². The molecule has 1 unspecified atom stereocenters. The van der Waals surface area contributed by atoms with Crippen LogP contribution in [0.15, 0.2) is 30.5 Å². The smallest absolute Gasteiger partial charge is 0.326 e. The van der Waals surface area contributed by atoms with Crippen LogP contribution in [0.1, 0.15) is 37.1 Å². The molecule has 1 aliphatic rings. The largest absolute Gasteiger partial charge is 0.485 e. The van der Waals surface area contributed by atoms with Crippen molar-refractivity contribution >= 4 is 33.9 Å². The molecule has 0 bridgehead atoms. The van der Waals surface area contributed by atoms with Crippen molar-refractivity contribution in [3.63, 3.8) is 0 Å². The van der Waals surface area contributed by atoms with Crippen LogP contribution in [0.2, 0.25) is 0 Å². The monoisotopic (exact) mass is 445 g/mol. The molecule has 1 aromatic carbocycles. The first kappa shape index (κ1) is 21.9. The molecule has 158 valence electrons. The third-order valence-electron chi connectivity index (χ3n) is 4.75. The fourth-order valence-corrected chi connectivity index (χ4v) is 4.59. The summed E-state index contributed by atoms with van der Waals surface area (Å²) in [7, 11) is -3.06. The summed E-state index contributed by atoms with van der Waals surface area (Å²) in [5.41, 5.74) is -3.11. The molecule has 2 aromatic rings. The highest BCUT2D eigenvalue weighted by Crippen LogP contribution is 2.29. The van der Waals surface area contributed by atoms with Crippen LogP contribution < -0.4 is 10.0 Å². The standard InChI is InChI=1S/C19H22F3N3O2S2/c20-19(21,22)29(27)24-11-10-17-23-12-16(28-17)13-6-8-15(9-7-13)25-18(26)14-4-2-1-3-5-14/h6-9,12,14,24H,1-5,10-11H2,(H,25,26). The van der Waals surface area contributed by atoms with Gasteiger partial charge >= 0.3 is 5.51 Å². The van der Waals surface area contributed by atoms with E-state index in [0.717, 1.165) is 41.8 Å². The van der Waals surface area contributed by atoms with Crippen molar-refractivity contribution in [1.29, 1.82) is 0 Å². The molecule has 10 heteroatoms. The molecule has 1 heterocycles. The van der Waals surface area contributed by atoms with Crippen molar-refractivity contribution in [1.82, 2.24) is 9.71 Å². The van der Waals surface area contributed by atoms with Crippen molar-refractivity contribution in [3.05, 3.63) is 35.5 Å². The zero-order valence-electron chi connectivity index (χ0n) is 15.6. The van der Waals surface area contributed by atoms with E-state index in [1.165, 1.54) is 17.8 Å². The van der Waals surface area contributed by atoms with Gasteiger partial charge in [0.1, 0.15) is 0 Å². The number of alkyl halides is 3. The van der Waals surface area contributed by atoms with Crippen LogP contribution in [0.25, 0.3) is 10.4 Å². The highest BCUT2D eigenvalue weighted by Gasteiger charge is 2.36. The average molecular weight is 446 g/mol. The fourth-order valence-electron chi connectivity index (χ4n) is 3.22. The molecule has 2 N–H and O–H groups in total. The first-order valence-corrected chi connectivity index (χ1v) is 11.4. The van der Waals surface area contributed by atoms with E-state index < -0.39 is 16.5 Å². The minimum atomic E-state index is -4.76. The van der Waals surface area contributed by atoms with Crippen molar-refractivity contribution in [2.75, 3.05) is 11.9 Å². The predicted molar refractivity (Wildman–Crippen MR) is 109 cm³/mol. The van der Waals surface area contributed by atoms with E-state index in [2.05, 4.69) is 10.3 Å². The summed E-state index contributed by atoms with van der Waals surface area (Å²) in [5.74, 6) is 0.161. The van der Waals surface area contributed by atoms with E-state index in [0.29, 0.717) is 5.01 Å². The Bertz CT molecular complexity index is 847. The molecule has 0 saturated heterocycles. The molecular weight excluding hydrogens is 423 g/mol. The van der Waals surface area contributed by atoms with Crippen molar-refractivity contribution in [3.8, 4) is 10.4 Å². The lowest BCUT2D eigenvalue weighted by Gasteiger charge is -2.20. The molecule has 1 atom stereocenters. The van der Waals surface area contributed by atoms with Gasteiger partial charge in [-0.1, -0.05) is 31.4 Å². The SMILES string of the molecule is O=C(Nc1ccc(-c2cnc(CCNS(=O)C(F)(F)F)s2)cc1)C1CCCCC1. The molecule has 1 aromatic heterocycles. The molecule has 5 nitrogen and oxygen atoms in total. The Hall–Kier alpha value is -1.78. The highest BCUT2D eigenvalue weighted by atomic mass is 32.2. The summed E-state index contributed by atoms with van der Waals surface area (Å²) in [5, 5.41) is 3.62. The number of thiazole rings is 1. The van der Waals surface area contributed by atoms with Gasteiger partial charge in [-0.05, 0) is 30.5 Å². The highest BCUT2D eigenvalue weighted by molar-refractivity contribution is 7.83. The lowest BCUT2D eigenvalue weighted by Crippen LogP contribution is -2.31. The van der Waals surface area contributed by atoms with Gasteiger partial charge in [-0.25, -0.2) is 13.9 Å². The third kappa shape index (κ3) is 6.35. The van der Waals surface area contributed by atoms with E-state index in [1.54, 1.807) is 6.20 Å². The molecule has 1 fully saturated rings. The number of rotatable bonds is 7. The van der Waals surface area contributed by atoms with E-state index in [-0.39, 0.29) is 24.8 Å². The zero-order valence-corrected chi connectivity index (χ0v) is 17.3. The van der Waals surface area contributed by atoms with Gasteiger partial charge in [-0.15, -0.1) is 11.3 Å². The average Bonchev–Trinajstić information content (AvgIpc) is 3.17. The Labute approximate surface area is 173 Å². The summed E-state index contributed by atoms with van der Waals surface area (Å²) in [6.45, 7) is -0.0782. The number of carbonyl (C=O) groups is 1. The number of hydrogen-bond acceptors (Lipinski definition) is 4. The number of nitrogens with zero attached hydrogens (tertiary/aromatic N) is 1. The third-order valence-corrected chi connectivity index (χ3v) is 6.74. The van der Waals surface area contributed by atoms with E-state index in [1.807, 2.05) is 29.0 Å². The quantitative estimate of drug-likeness (QED) is 0.652. The van der Waals surface area contributed by atoms with Crippen LogP contribution in [-0.4, -0.2) is 27.2 Å². The summed E-state index contributed by atoms with van der Waals surface area (Å²) in [4.78, 5) is 17.4. The summed E-state index contributed by atoms with van der Waals surface area (Å²) < 4.78 is 49.5. The van der Waals surface area contributed by atoms with Crippen LogP contribution >= 0.6 is 11.3 Å². The Morgan fingerprint density at radius 3 is 2.52 bits per heavy atom. The number of amides is 1. The molecule has 0 aliphatic heterocycles. The van der Waals surface area contributed by atoms with Gasteiger partial charge in [0.15, 0.2) is 11.0 Å². The lowest BCUT2D eigenvalue weighted by atomic mass is 9.88. The normalized spacial score (nSPS) is 16.5. The number of carbonyl (C=O) groups excluding carboxylic acids is 1. The molecule has 0 radical (unpaired) electrons. The van der Waals surface area contributed by atoms with E-state index >= 15 is 0 Å². The number of benzene rings is 1. The fraction of sp³-hybridized carbons (Fsp3) is 0.474. The van der Waals surface area contributed by atoms with Gasteiger partial charge in [0.2, 0.25) is 5.91 Å². The molecule has 1 amide bonds. The first-order valence-electron chi connectivity index (χ1n) is 9.41. The minimum Gasteiger partial charge on any atom is -0.326 e. The Morgan fingerprint density at radius 2 is 1.86 bits per heavy atom. The van der Waals surface area contributed by atoms with Crippen molar-refractivity contribution in [2.45, 2.75) is 44.0 Å². The minimum absolute atomic E-state index is 0.0706.